The van der Waals surface area contributed by atoms with Crippen LogP contribution in [-0.2, 0) is 17.6 Å². The number of rotatable bonds is 3. The number of aromatic nitrogens is 2. The van der Waals surface area contributed by atoms with Crippen LogP contribution in [0.5, 0.6) is 0 Å². The third-order valence-corrected chi connectivity index (χ3v) is 7.77. The van der Waals surface area contributed by atoms with Gasteiger partial charge in [-0.25, -0.2) is 9.37 Å². The minimum atomic E-state index is -0.302. The number of aromatic amines is 1. The number of piperazine rings is 1. The molecule has 4 aliphatic rings. The van der Waals surface area contributed by atoms with E-state index in [0.717, 1.165) is 61.2 Å². The van der Waals surface area contributed by atoms with E-state index in [2.05, 4.69) is 16.0 Å². The number of aryl methyl sites for hydroxylation is 1. The molecule has 1 spiro atoms. The highest BCUT2D eigenvalue weighted by atomic mass is 19.1. The van der Waals surface area contributed by atoms with Crippen LogP contribution in [0.4, 0.5) is 10.1 Å². The number of hydrogen-bond donors (Lipinski definition) is 1. The van der Waals surface area contributed by atoms with Crippen LogP contribution >= 0.6 is 0 Å². The molecule has 1 aromatic carbocycles. The average molecular weight is 435 g/mol. The molecule has 0 bridgehead atoms. The highest BCUT2D eigenvalue weighted by Gasteiger charge is 2.45. The molecule has 3 aliphatic carbocycles. The maximum atomic E-state index is 13.2. The van der Waals surface area contributed by atoms with Gasteiger partial charge in [-0.3, -0.25) is 14.5 Å². The Morgan fingerprint density at radius 1 is 1.06 bits per heavy atom. The Labute approximate surface area is 186 Å². The van der Waals surface area contributed by atoms with E-state index >= 15 is 0 Å². The number of allylic oxidation sites excluding steroid dienone is 1. The molecule has 2 aromatic rings. The standard InChI is InChI=1S/C25H27FN4O2/c26-17-2-5-18(6-3-17)30-12-11-29(15-22(30)31)19-4-1-16(13-19)23-27-21-7-8-25(9-10-25)14-20(21)24(32)28-23/h2-3,5-6,13,19H,1,4,7-12,14-15H2,(H,27,28,32). The summed E-state index contributed by atoms with van der Waals surface area (Å²) < 4.78 is 13.2. The summed E-state index contributed by atoms with van der Waals surface area (Å²) in [4.78, 5) is 37.4. The fourth-order valence-corrected chi connectivity index (χ4v) is 5.59. The van der Waals surface area contributed by atoms with Gasteiger partial charge in [0, 0.05) is 30.4 Å². The molecule has 166 valence electrons. The van der Waals surface area contributed by atoms with Crippen molar-refractivity contribution in [1.82, 2.24) is 14.9 Å². The number of anilines is 1. The van der Waals surface area contributed by atoms with Crippen molar-refractivity contribution < 1.29 is 9.18 Å². The van der Waals surface area contributed by atoms with Gasteiger partial charge in [-0.2, -0.15) is 0 Å². The van der Waals surface area contributed by atoms with Gasteiger partial charge in [-0.15, -0.1) is 0 Å². The molecule has 6 rings (SSSR count). The van der Waals surface area contributed by atoms with E-state index in [-0.39, 0.29) is 23.3 Å². The molecule has 1 aliphatic heterocycles. The Kier molecular flexibility index (Phi) is 4.57. The van der Waals surface area contributed by atoms with Gasteiger partial charge < -0.3 is 9.88 Å². The molecule has 1 aromatic heterocycles. The molecule has 7 heteroatoms. The molecular formula is C25H27FN4O2. The lowest BCUT2D eigenvalue weighted by Crippen LogP contribution is -2.53. The van der Waals surface area contributed by atoms with Crippen molar-refractivity contribution in [2.45, 2.75) is 51.0 Å². The van der Waals surface area contributed by atoms with E-state index < -0.39 is 0 Å². The molecule has 1 amide bonds. The van der Waals surface area contributed by atoms with Crippen LogP contribution in [0.25, 0.3) is 5.57 Å². The number of H-pyrrole nitrogens is 1. The van der Waals surface area contributed by atoms with Gasteiger partial charge in [0.1, 0.15) is 11.6 Å². The maximum Gasteiger partial charge on any atom is 0.254 e. The van der Waals surface area contributed by atoms with Gasteiger partial charge in [0.2, 0.25) is 5.91 Å². The number of nitrogens with zero attached hydrogens (tertiary/aromatic N) is 3. The monoisotopic (exact) mass is 434 g/mol. The predicted molar refractivity (Wildman–Crippen MR) is 120 cm³/mol. The van der Waals surface area contributed by atoms with Crippen molar-refractivity contribution in [3.63, 3.8) is 0 Å². The minimum Gasteiger partial charge on any atom is -0.310 e. The van der Waals surface area contributed by atoms with Gasteiger partial charge in [0.05, 0.1) is 12.2 Å². The Bertz CT molecular complexity index is 1170. The number of carbonyl (C=O) groups excluding carboxylic acids is 1. The first-order chi connectivity index (χ1) is 15.5. The highest BCUT2D eigenvalue weighted by molar-refractivity contribution is 5.95. The molecule has 1 saturated carbocycles. The molecule has 2 heterocycles. The first-order valence-electron chi connectivity index (χ1n) is 11.6. The van der Waals surface area contributed by atoms with Crippen molar-refractivity contribution in [3.8, 4) is 0 Å². The number of halogens is 1. The summed E-state index contributed by atoms with van der Waals surface area (Å²) in [6.45, 7) is 1.68. The summed E-state index contributed by atoms with van der Waals surface area (Å²) in [5, 5.41) is 0. The summed E-state index contributed by atoms with van der Waals surface area (Å²) in [7, 11) is 0. The van der Waals surface area contributed by atoms with Crippen molar-refractivity contribution in [1.29, 1.82) is 0 Å². The fraction of sp³-hybridized carbons (Fsp3) is 0.480. The van der Waals surface area contributed by atoms with E-state index in [4.69, 9.17) is 4.98 Å². The van der Waals surface area contributed by atoms with Crippen LogP contribution in [0.1, 0.15) is 49.2 Å². The van der Waals surface area contributed by atoms with E-state index in [1.165, 1.54) is 25.0 Å². The summed E-state index contributed by atoms with van der Waals surface area (Å²) in [5.41, 5.74) is 4.12. The summed E-state index contributed by atoms with van der Waals surface area (Å²) in [5.74, 6) is 0.433. The second kappa shape index (κ2) is 7.37. The van der Waals surface area contributed by atoms with E-state index in [1.807, 2.05) is 0 Å². The van der Waals surface area contributed by atoms with Crippen LogP contribution < -0.4 is 10.5 Å². The zero-order valence-electron chi connectivity index (χ0n) is 18.1. The average Bonchev–Trinajstić information content (AvgIpc) is 3.35. The Balaban J connectivity index is 1.17. The smallest absolute Gasteiger partial charge is 0.254 e. The van der Waals surface area contributed by atoms with Crippen LogP contribution in [0.2, 0.25) is 0 Å². The van der Waals surface area contributed by atoms with Crippen LogP contribution in [-0.4, -0.2) is 46.5 Å². The van der Waals surface area contributed by atoms with Crippen LogP contribution in [0, 0.1) is 11.2 Å². The van der Waals surface area contributed by atoms with Gasteiger partial charge in [-0.1, -0.05) is 6.08 Å². The number of fused-ring (bicyclic) bond motifs is 1. The topological polar surface area (TPSA) is 69.3 Å². The third kappa shape index (κ3) is 3.48. The maximum absolute atomic E-state index is 13.2. The number of nitrogens with one attached hydrogen (secondary N) is 1. The number of amides is 1. The molecular weight excluding hydrogens is 407 g/mol. The summed E-state index contributed by atoms with van der Waals surface area (Å²) >= 11 is 0. The molecule has 0 radical (unpaired) electrons. The molecule has 1 saturated heterocycles. The minimum absolute atomic E-state index is 0.0269. The van der Waals surface area contributed by atoms with Gasteiger partial charge in [0.15, 0.2) is 0 Å². The van der Waals surface area contributed by atoms with Gasteiger partial charge >= 0.3 is 0 Å². The zero-order chi connectivity index (χ0) is 21.9. The molecule has 1 N–H and O–H groups in total. The first kappa shape index (κ1) is 19.9. The van der Waals surface area contributed by atoms with Crippen LogP contribution in [0.3, 0.4) is 0 Å². The highest BCUT2D eigenvalue weighted by Crippen LogP contribution is 2.53. The first-order valence-corrected chi connectivity index (χ1v) is 11.6. The molecule has 1 atom stereocenters. The SMILES string of the molecule is O=C1CN(C2C=C(c3nc4c(c(=O)[nH]3)CC3(CC4)CC3)CC2)CCN1c1ccc(F)cc1. The molecule has 2 fully saturated rings. The quantitative estimate of drug-likeness (QED) is 0.806. The van der Waals surface area contributed by atoms with E-state index in [9.17, 15) is 14.0 Å². The number of benzene rings is 1. The Hall–Kier alpha value is -2.80. The second-order valence-corrected chi connectivity index (χ2v) is 9.81. The van der Waals surface area contributed by atoms with Crippen molar-refractivity contribution in [2.24, 2.45) is 5.41 Å². The van der Waals surface area contributed by atoms with Gasteiger partial charge in [-0.05, 0) is 80.2 Å². The normalized spacial score (nSPS) is 24.5. The lowest BCUT2D eigenvalue weighted by atomic mass is 9.84. The fourth-order valence-electron chi connectivity index (χ4n) is 5.59. The summed E-state index contributed by atoms with van der Waals surface area (Å²) in [6, 6.07) is 6.25. The lowest BCUT2D eigenvalue weighted by Gasteiger charge is -2.37. The van der Waals surface area contributed by atoms with Crippen molar-refractivity contribution in [3.05, 3.63) is 63.6 Å². The van der Waals surface area contributed by atoms with Crippen LogP contribution in [0.15, 0.2) is 35.1 Å². The largest absolute Gasteiger partial charge is 0.310 e. The van der Waals surface area contributed by atoms with Crippen molar-refractivity contribution >= 4 is 17.2 Å². The van der Waals surface area contributed by atoms with E-state index in [0.29, 0.717) is 24.3 Å². The van der Waals surface area contributed by atoms with E-state index in [1.54, 1.807) is 17.0 Å². The van der Waals surface area contributed by atoms with Gasteiger partial charge in [0.25, 0.3) is 5.56 Å². The van der Waals surface area contributed by atoms with Crippen molar-refractivity contribution in [2.75, 3.05) is 24.5 Å². The third-order valence-electron chi connectivity index (χ3n) is 7.77. The second-order valence-electron chi connectivity index (χ2n) is 9.81. The predicted octanol–water partition coefficient (Wildman–Crippen LogP) is 3.07. The summed E-state index contributed by atoms with van der Waals surface area (Å²) in [6.07, 6.45) is 9.37. The number of hydrogen-bond acceptors (Lipinski definition) is 4. The Morgan fingerprint density at radius 3 is 2.62 bits per heavy atom. The number of carbonyl (C=O) groups is 1. The molecule has 32 heavy (non-hydrogen) atoms. The zero-order valence-corrected chi connectivity index (χ0v) is 18.1. The molecule has 1 unspecified atom stereocenters. The molecule has 6 nitrogen and oxygen atoms in total. The lowest BCUT2D eigenvalue weighted by molar-refractivity contribution is -0.121. The Morgan fingerprint density at radius 2 is 1.88 bits per heavy atom.